The number of thiophene rings is 1. The van der Waals surface area contributed by atoms with Gasteiger partial charge in [-0.15, -0.1) is 11.3 Å². The van der Waals surface area contributed by atoms with Crippen molar-refractivity contribution in [3.63, 3.8) is 0 Å². The molecule has 0 bridgehead atoms. The standard InChI is InChI=1S/C16H15N3O2S2/c1-11-5-2-3-6-12(11)16-13-9-19(10-14(13)17-18-16)23(20,21)15-7-4-8-22-15/h2-8H,9-10H2,1H3,(H,17,18). The van der Waals surface area contributed by atoms with E-state index >= 15 is 0 Å². The van der Waals surface area contributed by atoms with Crippen LogP contribution in [0.2, 0.25) is 0 Å². The fourth-order valence-electron chi connectivity index (χ4n) is 2.88. The Morgan fingerprint density at radius 2 is 2.00 bits per heavy atom. The second-order valence-corrected chi connectivity index (χ2v) is 8.66. The van der Waals surface area contributed by atoms with Gasteiger partial charge in [0.1, 0.15) is 4.21 Å². The van der Waals surface area contributed by atoms with Crippen LogP contribution in [0.25, 0.3) is 11.3 Å². The highest BCUT2D eigenvalue weighted by Crippen LogP contribution is 2.35. The topological polar surface area (TPSA) is 66.1 Å². The molecule has 3 aromatic rings. The van der Waals surface area contributed by atoms with E-state index in [0.29, 0.717) is 17.3 Å². The molecule has 0 amide bonds. The summed E-state index contributed by atoms with van der Waals surface area (Å²) in [5.41, 5.74) is 4.87. The van der Waals surface area contributed by atoms with Crippen LogP contribution in [-0.2, 0) is 23.1 Å². The van der Waals surface area contributed by atoms with Gasteiger partial charge in [-0.2, -0.15) is 9.40 Å². The van der Waals surface area contributed by atoms with Gasteiger partial charge in [0.25, 0.3) is 10.0 Å². The summed E-state index contributed by atoms with van der Waals surface area (Å²) in [5, 5.41) is 9.19. The molecule has 0 aliphatic carbocycles. The van der Waals surface area contributed by atoms with Crippen molar-refractivity contribution in [3.05, 3.63) is 58.6 Å². The third kappa shape index (κ3) is 2.32. The molecular formula is C16H15N3O2S2. The number of aryl methyl sites for hydroxylation is 1. The average Bonchev–Trinajstić information content (AvgIpc) is 3.25. The molecule has 118 valence electrons. The largest absolute Gasteiger partial charge is 0.280 e. The summed E-state index contributed by atoms with van der Waals surface area (Å²) in [5.74, 6) is 0. The Hall–Kier alpha value is -1.96. The lowest BCUT2D eigenvalue weighted by atomic mass is 10.0. The second-order valence-electron chi connectivity index (χ2n) is 5.55. The maximum absolute atomic E-state index is 12.7. The van der Waals surface area contributed by atoms with E-state index in [9.17, 15) is 8.42 Å². The zero-order chi connectivity index (χ0) is 16.0. The molecule has 1 aliphatic rings. The summed E-state index contributed by atoms with van der Waals surface area (Å²) < 4.78 is 27.2. The third-order valence-corrected chi connectivity index (χ3v) is 7.28. The maximum atomic E-state index is 12.7. The van der Waals surface area contributed by atoms with E-state index in [1.807, 2.05) is 31.2 Å². The minimum atomic E-state index is -3.44. The fraction of sp³-hybridized carbons (Fsp3) is 0.188. The molecule has 0 saturated carbocycles. The highest BCUT2D eigenvalue weighted by atomic mass is 32.2. The summed E-state index contributed by atoms with van der Waals surface area (Å²) in [6.07, 6.45) is 0. The first-order valence-electron chi connectivity index (χ1n) is 7.23. The zero-order valence-electron chi connectivity index (χ0n) is 12.5. The molecule has 7 heteroatoms. The van der Waals surface area contributed by atoms with E-state index in [1.165, 1.54) is 15.6 Å². The molecule has 3 heterocycles. The first-order valence-corrected chi connectivity index (χ1v) is 9.55. The molecule has 0 radical (unpaired) electrons. The van der Waals surface area contributed by atoms with Crippen molar-refractivity contribution in [2.75, 3.05) is 0 Å². The van der Waals surface area contributed by atoms with Crippen molar-refractivity contribution in [3.8, 4) is 11.3 Å². The lowest BCUT2D eigenvalue weighted by molar-refractivity contribution is 0.429. The van der Waals surface area contributed by atoms with Gasteiger partial charge in [0, 0.05) is 17.7 Å². The highest BCUT2D eigenvalue weighted by Gasteiger charge is 2.34. The lowest BCUT2D eigenvalue weighted by Gasteiger charge is -2.14. The van der Waals surface area contributed by atoms with Crippen LogP contribution in [0, 0.1) is 6.92 Å². The van der Waals surface area contributed by atoms with E-state index in [1.54, 1.807) is 17.5 Å². The quantitative estimate of drug-likeness (QED) is 0.793. The number of benzene rings is 1. The molecule has 4 rings (SSSR count). The number of aromatic nitrogens is 2. The summed E-state index contributed by atoms with van der Waals surface area (Å²) in [6, 6.07) is 11.4. The smallest absolute Gasteiger partial charge is 0.253 e. The molecule has 5 nitrogen and oxygen atoms in total. The van der Waals surface area contributed by atoms with Crippen molar-refractivity contribution in [2.24, 2.45) is 0 Å². The average molecular weight is 345 g/mol. The minimum Gasteiger partial charge on any atom is -0.280 e. The summed E-state index contributed by atoms with van der Waals surface area (Å²) in [7, 11) is -3.44. The van der Waals surface area contributed by atoms with Crippen molar-refractivity contribution in [1.29, 1.82) is 0 Å². The van der Waals surface area contributed by atoms with Crippen molar-refractivity contribution >= 4 is 21.4 Å². The third-order valence-electron chi connectivity index (χ3n) is 4.11. The molecule has 1 aliphatic heterocycles. The summed E-state index contributed by atoms with van der Waals surface area (Å²) >= 11 is 1.25. The first-order chi connectivity index (χ1) is 11.1. The van der Waals surface area contributed by atoms with Crippen molar-refractivity contribution in [1.82, 2.24) is 14.5 Å². The Labute approximate surface area is 138 Å². The number of hydrogen-bond acceptors (Lipinski definition) is 4. The van der Waals surface area contributed by atoms with Crippen LogP contribution in [0.5, 0.6) is 0 Å². The van der Waals surface area contributed by atoms with Crippen LogP contribution >= 0.6 is 11.3 Å². The number of rotatable bonds is 3. The molecular weight excluding hydrogens is 330 g/mol. The van der Waals surface area contributed by atoms with Gasteiger partial charge in [0.2, 0.25) is 0 Å². The van der Waals surface area contributed by atoms with Gasteiger partial charge >= 0.3 is 0 Å². The van der Waals surface area contributed by atoms with Gasteiger partial charge in [0.05, 0.1) is 17.9 Å². The van der Waals surface area contributed by atoms with E-state index in [-0.39, 0.29) is 0 Å². The molecule has 0 unspecified atom stereocenters. The fourth-order valence-corrected chi connectivity index (χ4v) is 5.40. The van der Waals surface area contributed by atoms with Crippen LogP contribution < -0.4 is 0 Å². The first kappa shape index (κ1) is 14.6. The Kier molecular flexibility index (Phi) is 3.37. The summed E-state index contributed by atoms with van der Waals surface area (Å²) in [6.45, 7) is 2.73. The zero-order valence-corrected chi connectivity index (χ0v) is 14.1. The van der Waals surface area contributed by atoms with Crippen LogP contribution in [-0.4, -0.2) is 22.9 Å². The van der Waals surface area contributed by atoms with Crippen LogP contribution in [0.3, 0.4) is 0 Å². The Balaban J connectivity index is 1.71. The number of aromatic amines is 1. The van der Waals surface area contributed by atoms with Gasteiger partial charge in [0.15, 0.2) is 0 Å². The number of nitrogens with zero attached hydrogens (tertiary/aromatic N) is 2. The van der Waals surface area contributed by atoms with Gasteiger partial charge in [-0.1, -0.05) is 30.3 Å². The van der Waals surface area contributed by atoms with Crippen molar-refractivity contribution < 1.29 is 8.42 Å². The lowest BCUT2D eigenvalue weighted by Crippen LogP contribution is -2.25. The Bertz CT molecular complexity index is 959. The van der Waals surface area contributed by atoms with Gasteiger partial charge < -0.3 is 0 Å². The van der Waals surface area contributed by atoms with Crippen LogP contribution in [0.4, 0.5) is 0 Å². The SMILES string of the molecule is Cc1ccccc1-c1n[nH]c2c1CN(S(=O)(=O)c1cccs1)C2. The maximum Gasteiger partial charge on any atom is 0.253 e. The van der Waals surface area contributed by atoms with Gasteiger partial charge in [-0.3, -0.25) is 5.10 Å². The van der Waals surface area contributed by atoms with E-state index in [0.717, 1.165) is 28.1 Å². The second kappa shape index (κ2) is 5.30. The number of fused-ring (bicyclic) bond motifs is 1. The number of sulfonamides is 1. The monoisotopic (exact) mass is 345 g/mol. The molecule has 1 aromatic carbocycles. The molecule has 0 fully saturated rings. The van der Waals surface area contributed by atoms with E-state index in [4.69, 9.17) is 0 Å². The molecule has 0 atom stereocenters. The minimum absolute atomic E-state index is 0.342. The molecule has 1 N–H and O–H groups in total. The highest BCUT2D eigenvalue weighted by molar-refractivity contribution is 7.91. The van der Waals surface area contributed by atoms with Crippen molar-refractivity contribution in [2.45, 2.75) is 24.2 Å². The molecule has 0 spiro atoms. The van der Waals surface area contributed by atoms with Crippen LogP contribution in [0.1, 0.15) is 16.8 Å². The Morgan fingerprint density at radius 1 is 1.17 bits per heavy atom. The van der Waals surface area contributed by atoms with Gasteiger partial charge in [-0.05, 0) is 23.9 Å². The molecule has 2 aromatic heterocycles. The predicted octanol–water partition coefficient (Wildman–Crippen LogP) is 3.15. The predicted molar refractivity (Wildman–Crippen MR) is 89.5 cm³/mol. The van der Waals surface area contributed by atoms with Crippen LogP contribution in [0.15, 0.2) is 46.0 Å². The van der Waals surface area contributed by atoms with Gasteiger partial charge in [-0.25, -0.2) is 8.42 Å². The van der Waals surface area contributed by atoms with E-state index in [2.05, 4.69) is 10.2 Å². The normalized spacial score (nSPS) is 15.0. The molecule has 0 saturated heterocycles. The number of H-pyrrole nitrogens is 1. The number of hydrogen-bond donors (Lipinski definition) is 1. The van der Waals surface area contributed by atoms with E-state index < -0.39 is 10.0 Å². The number of nitrogens with one attached hydrogen (secondary N) is 1. The molecule has 23 heavy (non-hydrogen) atoms. The summed E-state index contributed by atoms with van der Waals surface area (Å²) in [4.78, 5) is 0. The Morgan fingerprint density at radius 3 is 2.74 bits per heavy atom.